The quantitative estimate of drug-likeness (QED) is 0.181. The Morgan fingerprint density at radius 2 is 1.93 bits per heavy atom. The first kappa shape index (κ1) is 29.9. The minimum absolute atomic E-state index is 0.0830. The van der Waals surface area contributed by atoms with E-state index >= 15 is 0 Å². The zero-order valence-corrected chi connectivity index (χ0v) is 25.6. The number of pyridine rings is 1. The fraction of sp³-hybridized carbons (Fsp3) is 0.406. The highest BCUT2D eigenvalue weighted by atomic mass is 35.5. The molecule has 4 heterocycles. The highest BCUT2D eigenvalue weighted by Crippen LogP contribution is 2.26. The first-order valence-corrected chi connectivity index (χ1v) is 16.0. The van der Waals surface area contributed by atoms with Gasteiger partial charge in [0.25, 0.3) is 0 Å². The van der Waals surface area contributed by atoms with Crippen LogP contribution < -0.4 is 4.74 Å². The number of ether oxygens (including phenoxy) is 3. The molecule has 8 nitrogen and oxygen atoms in total. The zero-order valence-electron chi connectivity index (χ0n) is 24.0. The van der Waals surface area contributed by atoms with E-state index in [9.17, 15) is 9.18 Å². The molecule has 226 valence electrons. The van der Waals surface area contributed by atoms with E-state index in [1.54, 1.807) is 30.0 Å². The molecule has 0 spiro atoms. The molecule has 2 saturated heterocycles. The number of rotatable bonds is 11. The molecule has 0 radical (unpaired) electrons. The minimum Gasteiger partial charge on any atom is -0.474 e. The summed E-state index contributed by atoms with van der Waals surface area (Å²) in [5.74, 6) is 2.16. The van der Waals surface area contributed by atoms with Gasteiger partial charge in [-0.05, 0) is 61.2 Å². The lowest BCUT2D eigenvalue weighted by Gasteiger charge is -2.32. The summed E-state index contributed by atoms with van der Waals surface area (Å²) in [5, 5.41) is 0.401. The van der Waals surface area contributed by atoms with Gasteiger partial charge in [-0.25, -0.2) is 19.2 Å². The van der Waals surface area contributed by atoms with Gasteiger partial charge in [-0.15, -0.1) is 0 Å². The first-order chi connectivity index (χ1) is 20.9. The van der Waals surface area contributed by atoms with E-state index in [0.29, 0.717) is 46.6 Å². The fourth-order valence-electron chi connectivity index (χ4n) is 5.44. The van der Waals surface area contributed by atoms with Gasteiger partial charge >= 0.3 is 5.97 Å². The molecule has 0 saturated carbocycles. The Morgan fingerprint density at radius 3 is 2.67 bits per heavy atom. The lowest BCUT2D eigenvalue weighted by atomic mass is 10.1. The molecule has 1 unspecified atom stereocenters. The molecule has 2 fully saturated rings. The molecule has 2 aliphatic rings. The second-order valence-electron chi connectivity index (χ2n) is 10.9. The maximum atomic E-state index is 14.1. The number of benzene rings is 2. The Morgan fingerprint density at radius 1 is 1.09 bits per heavy atom. The van der Waals surface area contributed by atoms with E-state index in [-0.39, 0.29) is 24.0 Å². The van der Waals surface area contributed by atoms with Gasteiger partial charge in [0.15, 0.2) is 0 Å². The Bertz CT molecular complexity index is 1590. The standard InChI is InChI=1S/C32H34ClFN4O4S/c1-40-32(39)21-6-8-28-29(15-21)38(17-26-11-14-41-26)30(36-28)18-37-12-9-25(10-13-37)42-31-4-2-3-24(35-31)20-43-19-22-5-7-23(33)16-27(22)34/h2-8,15-16,25-26H,9-14,17-20H2,1H3. The number of hydrogen-bond acceptors (Lipinski definition) is 8. The van der Waals surface area contributed by atoms with Gasteiger partial charge in [0.05, 0.1) is 48.6 Å². The lowest BCUT2D eigenvalue weighted by Crippen LogP contribution is -2.39. The van der Waals surface area contributed by atoms with E-state index in [4.69, 9.17) is 35.8 Å². The van der Waals surface area contributed by atoms with Crippen molar-refractivity contribution < 1.29 is 23.4 Å². The number of carbonyl (C=O) groups excluding carboxylic acids is 1. The average Bonchev–Trinajstić information content (AvgIpc) is 3.32. The second kappa shape index (κ2) is 13.6. The number of aromatic nitrogens is 3. The first-order valence-electron chi connectivity index (χ1n) is 14.5. The number of nitrogens with zero attached hydrogens (tertiary/aromatic N) is 4. The predicted octanol–water partition coefficient (Wildman–Crippen LogP) is 6.28. The van der Waals surface area contributed by atoms with Crippen molar-refractivity contribution in [2.75, 3.05) is 26.8 Å². The molecule has 2 aromatic heterocycles. The van der Waals surface area contributed by atoms with E-state index in [2.05, 4.69) is 9.47 Å². The third-order valence-corrected chi connectivity index (χ3v) is 9.17. The van der Waals surface area contributed by atoms with Crippen LogP contribution in [-0.2, 0) is 34.1 Å². The third kappa shape index (κ3) is 7.32. The van der Waals surface area contributed by atoms with Crippen molar-refractivity contribution in [3.05, 3.63) is 88.1 Å². The molecule has 0 aliphatic carbocycles. The molecule has 11 heteroatoms. The third-order valence-electron chi connectivity index (χ3n) is 7.92. The summed E-state index contributed by atoms with van der Waals surface area (Å²) in [6.45, 7) is 3.96. The maximum Gasteiger partial charge on any atom is 0.337 e. The smallest absolute Gasteiger partial charge is 0.337 e. The van der Waals surface area contributed by atoms with Gasteiger partial charge in [-0.2, -0.15) is 11.8 Å². The number of likely N-dealkylation sites (tertiary alicyclic amines) is 1. The summed E-state index contributed by atoms with van der Waals surface area (Å²) in [7, 11) is 1.39. The highest BCUT2D eigenvalue weighted by molar-refractivity contribution is 7.97. The van der Waals surface area contributed by atoms with Crippen molar-refractivity contribution in [3.8, 4) is 5.88 Å². The molecule has 2 aromatic carbocycles. The SMILES string of the molecule is COC(=O)c1ccc2nc(CN3CCC(Oc4cccc(CSCc5ccc(Cl)cc5F)n4)CC3)n(CC3CCO3)c2c1. The largest absolute Gasteiger partial charge is 0.474 e. The summed E-state index contributed by atoms with van der Waals surface area (Å²) < 4.78 is 33.2. The number of imidazole rings is 1. The van der Waals surface area contributed by atoms with Crippen LogP contribution in [0.25, 0.3) is 11.0 Å². The van der Waals surface area contributed by atoms with Crippen LogP contribution in [0.2, 0.25) is 5.02 Å². The number of methoxy groups -OCH3 is 1. The van der Waals surface area contributed by atoms with Crippen molar-refractivity contribution in [1.29, 1.82) is 0 Å². The number of hydrogen-bond donors (Lipinski definition) is 0. The number of carbonyl (C=O) groups is 1. The molecule has 43 heavy (non-hydrogen) atoms. The van der Waals surface area contributed by atoms with E-state index in [0.717, 1.165) is 61.5 Å². The van der Waals surface area contributed by atoms with Crippen molar-refractivity contribution in [1.82, 2.24) is 19.4 Å². The Labute approximate surface area is 259 Å². The molecule has 4 aromatic rings. The summed E-state index contributed by atoms with van der Waals surface area (Å²) >= 11 is 7.46. The van der Waals surface area contributed by atoms with Gasteiger partial charge in [-0.3, -0.25) is 4.90 Å². The number of halogens is 2. The molecule has 6 rings (SSSR count). The van der Waals surface area contributed by atoms with Gasteiger partial charge in [0.1, 0.15) is 17.7 Å². The molecule has 0 N–H and O–H groups in total. The number of piperidine rings is 1. The zero-order chi connectivity index (χ0) is 29.8. The monoisotopic (exact) mass is 624 g/mol. The summed E-state index contributed by atoms with van der Waals surface area (Å²) in [6.07, 6.45) is 3.04. The predicted molar refractivity (Wildman–Crippen MR) is 165 cm³/mol. The van der Waals surface area contributed by atoms with Crippen molar-refractivity contribution >= 4 is 40.4 Å². The number of thioether (sulfide) groups is 1. The van der Waals surface area contributed by atoms with Gasteiger partial charge in [0, 0.05) is 42.3 Å². The average molecular weight is 625 g/mol. The lowest BCUT2D eigenvalue weighted by molar-refractivity contribution is -0.0592. The van der Waals surface area contributed by atoms with Gasteiger partial charge < -0.3 is 18.8 Å². The van der Waals surface area contributed by atoms with Gasteiger partial charge in [-0.1, -0.05) is 23.7 Å². The van der Waals surface area contributed by atoms with E-state index < -0.39 is 0 Å². The van der Waals surface area contributed by atoms with Crippen LogP contribution in [0.5, 0.6) is 5.88 Å². The van der Waals surface area contributed by atoms with Crippen molar-refractivity contribution in [2.24, 2.45) is 0 Å². The Balaban J connectivity index is 1.04. The molecule has 2 aliphatic heterocycles. The van der Waals surface area contributed by atoms with Crippen LogP contribution in [0.3, 0.4) is 0 Å². The van der Waals surface area contributed by atoms with Crippen LogP contribution in [0.1, 0.15) is 46.7 Å². The fourth-order valence-corrected chi connectivity index (χ4v) is 6.52. The van der Waals surface area contributed by atoms with Crippen LogP contribution in [-0.4, -0.2) is 64.4 Å². The number of esters is 1. The van der Waals surface area contributed by atoms with Crippen LogP contribution in [0.15, 0.2) is 54.6 Å². The summed E-state index contributed by atoms with van der Waals surface area (Å²) in [4.78, 5) is 24.2. The second-order valence-corrected chi connectivity index (χ2v) is 12.3. The molecular formula is C32H34ClFN4O4S. The maximum absolute atomic E-state index is 14.1. The van der Waals surface area contributed by atoms with Crippen molar-refractivity contribution in [3.63, 3.8) is 0 Å². The van der Waals surface area contributed by atoms with E-state index in [1.807, 2.05) is 30.3 Å². The normalized spacial score (nSPS) is 17.6. The molecular weight excluding hydrogens is 591 g/mol. The Hall–Kier alpha value is -3.18. The topological polar surface area (TPSA) is 78.7 Å². The van der Waals surface area contributed by atoms with Gasteiger partial charge in [0.2, 0.25) is 5.88 Å². The molecule has 1 atom stereocenters. The molecule has 0 amide bonds. The van der Waals surface area contributed by atoms with Crippen molar-refractivity contribution in [2.45, 2.75) is 56.1 Å². The summed E-state index contributed by atoms with van der Waals surface area (Å²) in [6, 6.07) is 16.1. The summed E-state index contributed by atoms with van der Waals surface area (Å²) in [5.41, 5.74) is 3.84. The van der Waals surface area contributed by atoms with Crippen LogP contribution in [0, 0.1) is 5.82 Å². The van der Waals surface area contributed by atoms with Crippen LogP contribution in [0.4, 0.5) is 4.39 Å². The van der Waals surface area contributed by atoms with E-state index in [1.165, 1.54) is 13.2 Å². The number of fused-ring (bicyclic) bond motifs is 1. The van der Waals surface area contributed by atoms with Crippen LogP contribution >= 0.6 is 23.4 Å². The molecule has 0 bridgehead atoms. The Kier molecular flexibility index (Phi) is 9.47. The highest BCUT2D eigenvalue weighted by Gasteiger charge is 2.26. The minimum atomic E-state index is -0.356.